The standard InChI is InChI=1S/C18H21N5/c19-11-15-6-7-18(21-12-15)22-14-17(16-5-4-8-20-13-16)23-9-2-1-3-10-23/h4-8,12-13,17H,1-3,9-10,14H2,(H,21,22). The molecule has 0 aromatic carbocycles. The predicted octanol–water partition coefficient (Wildman–Crippen LogP) is 2.99. The third kappa shape index (κ3) is 4.05. The minimum atomic E-state index is 0.293. The Morgan fingerprint density at radius 1 is 1.17 bits per heavy atom. The van der Waals surface area contributed by atoms with Crippen molar-refractivity contribution in [1.29, 1.82) is 5.26 Å². The molecular formula is C18H21N5. The SMILES string of the molecule is N#Cc1ccc(NCC(c2cccnc2)N2CCCCC2)nc1. The number of nitrogens with one attached hydrogen (secondary N) is 1. The number of nitriles is 1. The normalized spacial score (nSPS) is 16.5. The lowest BCUT2D eigenvalue weighted by Crippen LogP contribution is -2.37. The molecule has 3 heterocycles. The van der Waals surface area contributed by atoms with Crippen molar-refractivity contribution in [2.24, 2.45) is 0 Å². The number of hydrogen-bond acceptors (Lipinski definition) is 5. The number of anilines is 1. The third-order valence-corrected chi connectivity index (χ3v) is 4.27. The molecule has 1 aliphatic heterocycles. The zero-order valence-electron chi connectivity index (χ0n) is 13.2. The summed E-state index contributed by atoms with van der Waals surface area (Å²) in [6, 6.07) is 10.2. The van der Waals surface area contributed by atoms with E-state index in [2.05, 4.69) is 32.3 Å². The summed E-state index contributed by atoms with van der Waals surface area (Å²) in [7, 11) is 0. The zero-order chi connectivity index (χ0) is 15.9. The van der Waals surface area contributed by atoms with E-state index in [9.17, 15) is 0 Å². The summed E-state index contributed by atoms with van der Waals surface area (Å²) in [4.78, 5) is 11.1. The third-order valence-electron chi connectivity index (χ3n) is 4.27. The summed E-state index contributed by atoms with van der Waals surface area (Å²) < 4.78 is 0. The average Bonchev–Trinajstić information content (AvgIpc) is 2.64. The minimum Gasteiger partial charge on any atom is -0.368 e. The van der Waals surface area contributed by atoms with E-state index in [1.165, 1.54) is 24.8 Å². The Kier molecular flexibility index (Phi) is 5.17. The highest BCUT2D eigenvalue weighted by Gasteiger charge is 2.22. The molecule has 2 aromatic rings. The summed E-state index contributed by atoms with van der Waals surface area (Å²) in [6.45, 7) is 3.04. The molecule has 1 aliphatic rings. The highest BCUT2D eigenvalue weighted by atomic mass is 15.2. The summed E-state index contributed by atoms with van der Waals surface area (Å²) in [5, 5.41) is 12.2. The van der Waals surface area contributed by atoms with Crippen LogP contribution in [0.25, 0.3) is 0 Å². The molecule has 2 aromatic heterocycles. The van der Waals surface area contributed by atoms with E-state index < -0.39 is 0 Å². The molecule has 0 bridgehead atoms. The first-order valence-corrected chi connectivity index (χ1v) is 8.11. The first-order chi connectivity index (χ1) is 11.4. The van der Waals surface area contributed by atoms with E-state index in [0.717, 1.165) is 25.5 Å². The second-order valence-corrected chi connectivity index (χ2v) is 5.82. The van der Waals surface area contributed by atoms with Gasteiger partial charge in [-0.2, -0.15) is 5.26 Å². The lowest BCUT2D eigenvalue weighted by atomic mass is 10.0. The molecular weight excluding hydrogens is 286 g/mol. The van der Waals surface area contributed by atoms with Crippen molar-refractivity contribution in [1.82, 2.24) is 14.9 Å². The maximum absolute atomic E-state index is 8.84. The van der Waals surface area contributed by atoms with Gasteiger partial charge in [0.25, 0.3) is 0 Å². The van der Waals surface area contributed by atoms with Crippen LogP contribution in [0.2, 0.25) is 0 Å². The van der Waals surface area contributed by atoms with Crippen LogP contribution in [0.5, 0.6) is 0 Å². The monoisotopic (exact) mass is 307 g/mol. The van der Waals surface area contributed by atoms with E-state index in [1.54, 1.807) is 12.3 Å². The quantitative estimate of drug-likeness (QED) is 0.920. The van der Waals surface area contributed by atoms with Gasteiger partial charge in [0.2, 0.25) is 0 Å². The van der Waals surface area contributed by atoms with Crippen LogP contribution in [0.3, 0.4) is 0 Å². The molecule has 0 spiro atoms. The van der Waals surface area contributed by atoms with Crippen LogP contribution in [0.15, 0.2) is 42.9 Å². The molecule has 0 radical (unpaired) electrons. The van der Waals surface area contributed by atoms with Crippen LogP contribution in [0.1, 0.15) is 36.4 Å². The molecule has 1 N–H and O–H groups in total. The number of rotatable bonds is 5. The van der Waals surface area contributed by atoms with Gasteiger partial charge < -0.3 is 5.32 Å². The maximum Gasteiger partial charge on any atom is 0.126 e. The largest absolute Gasteiger partial charge is 0.368 e. The van der Waals surface area contributed by atoms with Crippen molar-refractivity contribution in [3.63, 3.8) is 0 Å². The summed E-state index contributed by atoms with van der Waals surface area (Å²) in [5.74, 6) is 0.801. The van der Waals surface area contributed by atoms with Gasteiger partial charge in [0, 0.05) is 25.1 Å². The second-order valence-electron chi connectivity index (χ2n) is 5.82. The molecule has 1 atom stereocenters. The lowest BCUT2D eigenvalue weighted by molar-refractivity contribution is 0.170. The Morgan fingerprint density at radius 2 is 2.04 bits per heavy atom. The molecule has 0 saturated carbocycles. The zero-order valence-corrected chi connectivity index (χ0v) is 13.2. The van der Waals surface area contributed by atoms with Crippen LogP contribution in [-0.2, 0) is 0 Å². The van der Waals surface area contributed by atoms with Crippen LogP contribution in [0.4, 0.5) is 5.82 Å². The summed E-state index contributed by atoms with van der Waals surface area (Å²) in [5.41, 5.74) is 1.81. The Balaban J connectivity index is 1.71. The second kappa shape index (κ2) is 7.70. The van der Waals surface area contributed by atoms with E-state index in [4.69, 9.17) is 5.26 Å². The highest BCUT2D eigenvalue weighted by Crippen LogP contribution is 2.24. The number of piperidine rings is 1. The first kappa shape index (κ1) is 15.4. The first-order valence-electron chi connectivity index (χ1n) is 8.11. The van der Waals surface area contributed by atoms with Crippen LogP contribution < -0.4 is 5.32 Å². The van der Waals surface area contributed by atoms with Crippen molar-refractivity contribution < 1.29 is 0 Å². The van der Waals surface area contributed by atoms with Gasteiger partial charge in [-0.1, -0.05) is 12.5 Å². The van der Waals surface area contributed by atoms with Crippen LogP contribution >= 0.6 is 0 Å². The molecule has 118 valence electrons. The van der Waals surface area contributed by atoms with Gasteiger partial charge in [0.1, 0.15) is 11.9 Å². The van der Waals surface area contributed by atoms with E-state index in [-0.39, 0.29) is 0 Å². The summed E-state index contributed by atoms with van der Waals surface area (Å²) in [6.07, 6.45) is 9.19. The molecule has 1 unspecified atom stereocenters. The van der Waals surface area contributed by atoms with Crippen molar-refractivity contribution in [3.05, 3.63) is 54.0 Å². The van der Waals surface area contributed by atoms with Crippen molar-refractivity contribution in [2.75, 3.05) is 25.0 Å². The van der Waals surface area contributed by atoms with Gasteiger partial charge >= 0.3 is 0 Å². The van der Waals surface area contributed by atoms with Gasteiger partial charge in [0.05, 0.1) is 11.6 Å². The fraction of sp³-hybridized carbons (Fsp3) is 0.389. The number of nitrogens with zero attached hydrogens (tertiary/aromatic N) is 4. The van der Waals surface area contributed by atoms with Gasteiger partial charge in [-0.15, -0.1) is 0 Å². The lowest BCUT2D eigenvalue weighted by Gasteiger charge is -2.35. The van der Waals surface area contributed by atoms with Gasteiger partial charge in [-0.25, -0.2) is 4.98 Å². The smallest absolute Gasteiger partial charge is 0.126 e. The number of aromatic nitrogens is 2. The molecule has 5 nitrogen and oxygen atoms in total. The van der Waals surface area contributed by atoms with Crippen molar-refractivity contribution in [2.45, 2.75) is 25.3 Å². The molecule has 3 rings (SSSR count). The number of likely N-dealkylation sites (tertiary alicyclic amines) is 1. The van der Waals surface area contributed by atoms with Crippen molar-refractivity contribution in [3.8, 4) is 6.07 Å². The molecule has 1 fully saturated rings. The Hall–Kier alpha value is -2.45. The van der Waals surface area contributed by atoms with Gasteiger partial charge in [-0.05, 0) is 49.7 Å². The Bertz CT molecular complexity index is 641. The van der Waals surface area contributed by atoms with Crippen LogP contribution in [-0.4, -0.2) is 34.5 Å². The molecule has 5 heteroatoms. The molecule has 0 aliphatic carbocycles. The van der Waals surface area contributed by atoms with Gasteiger partial charge in [0.15, 0.2) is 0 Å². The minimum absolute atomic E-state index is 0.293. The fourth-order valence-corrected chi connectivity index (χ4v) is 3.03. The van der Waals surface area contributed by atoms with Crippen molar-refractivity contribution >= 4 is 5.82 Å². The predicted molar refractivity (Wildman–Crippen MR) is 89.8 cm³/mol. The molecule has 0 amide bonds. The average molecular weight is 307 g/mol. The fourth-order valence-electron chi connectivity index (χ4n) is 3.03. The number of hydrogen-bond donors (Lipinski definition) is 1. The Morgan fingerprint density at radius 3 is 2.70 bits per heavy atom. The van der Waals surface area contributed by atoms with E-state index in [0.29, 0.717) is 11.6 Å². The molecule has 1 saturated heterocycles. The maximum atomic E-state index is 8.84. The molecule has 23 heavy (non-hydrogen) atoms. The van der Waals surface area contributed by atoms with E-state index in [1.807, 2.05) is 24.5 Å². The highest BCUT2D eigenvalue weighted by molar-refractivity contribution is 5.39. The Labute approximate surface area is 137 Å². The van der Waals surface area contributed by atoms with E-state index >= 15 is 0 Å². The topological polar surface area (TPSA) is 64.8 Å². The van der Waals surface area contributed by atoms with Crippen LogP contribution in [0, 0.1) is 11.3 Å². The summed E-state index contributed by atoms with van der Waals surface area (Å²) >= 11 is 0. The van der Waals surface area contributed by atoms with Gasteiger partial charge in [-0.3, -0.25) is 9.88 Å². The number of pyridine rings is 2.